The molecule has 4 nitrogen and oxygen atoms in total. The van der Waals surface area contributed by atoms with Gasteiger partial charge in [-0.15, -0.1) is 0 Å². The molecule has 1 aromatic rings. The second kappa shape index (κ2) is 4.70. The zero-order valence-electron chi connectivity index (χ0n) is 10.1. The van der Waals surface area contributed by atoms with Gasteiger partial charge in [0.25, 0.3) is 0 Å². The quantitative estimate of drug-likeness (QED) is 0.813. The summed E-state index contributed by atoms with van der Waals surface area (Å²) in [4.78, 5) is 8.88. The Kier molecular flexibility index (Phi) is 3.29. The van der Waals surface area contributed by atoms with Gasteiger partial charge < -0.3 is 10.6 Å². The van der Waals surface area contributed by atoms with Crippen molar-refractivity contribution in [2.45, 2.75) is 19.9 Å². The van der Waals surface area contributed by atoms with Crippen LogP contribution in [0.2, 0.25) is 0 Å². The fourth-order valence-corrected chi connectivity index (χ4v) is 2.37. The predicted octanol–water partition coefficient (Wildman–Crippen LogP) is 1.19. The molecule has 4 heteroatoms. The molecule has 0 saturated carbocycles. The van der Waals surface area contributed by atoms with Crippen LogP contribution in [-0.4, -0.2) is 42.1 Å². The van der Waals surface area contributed by atoms with Gasteiger partial charge in [-0.25, -0.2) is 0 Å². The van der Waals surface area contributed by atoms with E-state index in [1.807, 2.05) is 12.3 Å². The van der Waals surface area contributed by atoms with Crippen LogP contribution in [0.4, 0.5) is 11.4 Å². The Bertz CT molecular complexity index is 353. The zero-order valence-corrected chi connectivity index (χ0v) is 10.1. The number of nitrogens with zero attached hydrogens (tertiary/aromatic N) is 3. The van der Waals surface area contributed by atoms with E-state index in [9.17, 15) is 0 Å². The minimum atomic E-state index is 0.589. The van der Waals surface area contributed by atoms with E-state index in [1.54, 1.807) is 6.20 Å². The number of hydrogen-bond donors (Lipinski definition) is 1. The molecule has 0 radical (unpaired) electrons. The van der Waals surface area contributed by atoms with E-state index in [-0.39, 0.29) is 0 Å². The van der Waals surface area contributed by atoms with Crippen molar-refractivity contribution in [2.24, 2.45) is 0 Å². The third-order valence-corrected chi connectivity index (χ3v) is 3.34. The predicted molar refractivity (Wildman–Crippen MR) is 67.6 cm³/mol. The smallest absolute Gasteiger partial charge is 0.0738 e. The van der Waals surface area contributed by atoms with Gasteiger partial charge in [-0.05, 0) is 19.5 Å². The lowest BCUT2D eigenvalue weighted by atomic mass is 10.1. The van der Waals surface area contributed by atoms with Crippen molar-refractivity contribution in [2.75, 3.05) is 36.8 Å². The molecule has 1 aliphatic rings. The van der Waals surface area contributed by atoms with Crippen molar-refractivity contribution in [3.63, 3.8) is 0 Å². The van der Waals surface area contributed by atoms with Gasteiger partial charge in [-0.2, -0.15) is 0 Å². The van der Waals surface area contributed by atoms with Crippen LogP contribution < -0.4 is 10.6 Å². The molecule has 0 bridgehead atoms. The molecule has 1 fully saturated rings. The molecule has 0 amide bonds. The standard InChI is InChI=1S/C12H20N4/c1-3-15-6-7-16(9-10(15)2)12-4-5-14-8-11(12)13/h4-5,8,10H,3,6-7,9,13H2,1-2H3. The molecule has 88 valence electrons. The molecule has 2 heterocycles. The van der Waals surface area contributed by atoms with E-state index >= 15 is 0 Å². The Labute approximate surface area is 97.1 Å². The monoisotopic (exact) mass is 220 g/mol. The third-order valence-electron chi connectivity index (χ3n) is 3.34. The molecule has 1 aliphatic heterocycles. The summed E-state index contributed by atoms with van der Waals surface area (Å²) in [7, 11) is 0. The van der Waals surface area contributed by atoms with Gasteiger partial charge in [0.15, 0.2) is 0 Å². The summed E-state index contributed by atoms with van der Waals surface area (Å²) < 4.78 is 0. The average molecular weight is 220 g/mol. The SMILES string of the molecule is CCN1CCN(c2ccncc2N)CC1C. The Morgan fingerprint density at radius 1 is 1.50 bits per heavy atom. The fraction of sp³-hybridized carbons (Fsp3) is 0.583. The van der Waals surface area contributed by atoms with Gasteiger partial charge in [0.2, 0.25) is 0 Å². The summed E-state index contributed by atoms with van der Waals surface area (Å²) in [5, 5.41) is 0. The summed E-state index contributed by atoms with van der Waals surface area (Å²) in [5.74, 6) is 0. The number of anilines is 2. The summed E-state index contributed by atoms with van der Waals surface area (Å²) in [6, 6.07) is 2.59. The number of aromatic nitrogens is 1. The molecule has 0 spiro atoms. The Morgan fingerprint density at radius 2 is 2.31 bits per heavy atom. The number of hydrogen-bond acceptors (Lipinski definition) is 4. The fourth-order valence-electron chi connectivity index (χ4n) is 2.37. The van der Waals surface area contributed by atoms with Crippen molar-refractivity contribution in [1.29, 1.82) is 0 Å². The number of rotatable bonds is 2. The van der Waals surface area contributed by atoms with Crippen LogP contribution in [0.1, 0.15) is 13.8 Å². The average Bonchev–Trinajstić information content (AvgIpc) is 2.29. The van der Waals surface area contributed by atoms with Crippen molar-refractivity contribution in [3.05, 3.63) is 18.5 Å². The largest absolute Gasteiger partial charge is 0.396 e. The highest BCUT2D eigenvalue weighted by Crippen LogP contribution is 2.24. The highest BCUT2D eigenvalue weighted by Gasteiger charge is 2.23. The van der Waals surface area contributed by atoms with Gasteiger partial charge in [-0.3, -0.25) is 9.88 Å². The lowest BCUT2D eigenvalue weighted by Crippen LogP contribution is -2.51. The van der Waals surface area contributed by atoms with Crippen molar-refractivity contribution in [3.8, 4) is 0 Å². The normalized spacial score (nSPS) is 22.4. The molecule has 1 aromatic heterocycles. The van der Waals surface area contributed by atoms with Crippen molar-refractivity contribution < 1.29 is 0 Å². The van der Waals surface area contributed by atoms with Gasteiger partial charge in [0.05, 0.1) is 17.6 Å². The topological polar surface area (TPSA) is 45.4 Å². The molecule has 1 unspecified atom stereocenters. The first-order valence-corrected chi connectivity index (χ1v) is 5.91. The first-order chi connectivity index (χ1) is 7.72. The van der Waals surface area contributed by atoms with E-state index in [0.717, 1.165) is 37.6 Å². The van der Waals surface area contributed by atoms with E-state index in [1.165, 1.54) is 0 Å². The Balaban J connectivity index is 2.11. The van der Waals surface area contributed by atoms with E-state index in [2.05, 4.69) is 28.6 Å². The maximum absolute atomic E-state index is 5.95. The van der Waals surface area contributed by atoms with Gasteiger partial charge in [0.1, 0.15) is 0 Å². The summed E-state index contributed by atoms with van der Waals surface area (Å²) >= 11 is 0. The number of nitrogens with two attached hydrogens (primary N) is 1. The van der Waals surface area contributed by atoms with Crippen molar-refractivity contribution in [1.82, 2.24) is 9.88 Å². The van der Waals surface area contributed by atoms with Crippen LogP contribution in [0.3, 0.4) is 0 Å². The van der Waals surface area contributed by atoms with E-state index in [4.69, 9.17) is 5.73 Å². The minimum Gasteiger partial charge on any atom is -0.396 e. The lowest BCUT2D eigenvalue weighted by Gasteiger charge is -2.40. The summed E-state index contributed by atoms with van der Waals surface area (Å²) in [6.45, 7) is 8.81. The maximum Gasteiger partial charge on any atom is 0.0738 e. The first-order valence-electron chi connectivity index (χ1n) is 5.91. The molecule has 0 aromatic carbocycles. The maximum atomic E-state index is 5.95. The van der Waals surface area contributed by atoms with Crippen LogP contribution in [0.25, 0.3) is 0 Å². The zero-order chi connectivity index (χ0) is 11.5. The summed E-state index contributed by atoms with van der Waals surface area (Å²) in [5.41, 5.74) is 7.85. The molecule has 2 rings (SSSR count). The van der Waals surface area contributed by atoms with Crippen LogP contribution in [0, 0.1) is 0 Å². The number of piperazine rings is 1. The Morgan fingerprint density at radius 3 is 2.94 bits per heavy atom. The molecule has 2 N–H and O–H groups in total. The van der Waals surface area contributed by atoms with Crippen LogP contribution in [0.15, 0.2) is 18.5 Å². The van der Waals surface area contributed by atoms with E-state index < -0.39 is 0 Å². The molecular formula is C12H20N4. The number of likely N-dealkylation sites (N-methyl/N-ethyl adjacent to an activating group) is 1. The van der Waals surface area contributed by atoms with Crippen molar-refractivity contribution >= 4 is 11.4 Å². The van der Waals surface area contributed by atoms with E-state index in [0.29, 0.717) is 6.04 Å². The summed E-state index contributed by atoms with van der Waals surface area (Å²) in [6.07, 6.45) is 3.54. The second-order valence-corrected chi connectivity index (χ2v) is 4.36. The van der Waals surface area contributed by atoms with Crippen LogP contribution in [0.5, 0.6) is 0 Å². The lowest BCUT2D eigenvalue weighted by molar-refractivity contribution is 0.199. The van der Waals surface area contributed by atoms with Crippen LogP contribution in [-0.2, 0) is 0 Å². The number of pyridine rings is 1. The molecule has 1 saturated heterocycles. The highest BCUT2D eigenvalue weighted by molar-refractivity contribution is 5.66. The van der Waals surface area contributed by atoms with Gasteiger partial charge in [0, 0.05) is 31.9 Å². The molecular weight excluding hydrogens is 200 g/mol. The minimum absolute atomic E-state index is 0.589. The molecule has 16 heavy (non-hydrogen) atoms. The highest BCUT2D eigenvalue weighted by atomic mass is 15.3. The van der Waals surface area contributed by atoms with Gasteiger partial charge >= 0.3 is 0 Å². The van der Waals surface area contributed by atoms with Gasteiger partial charge in [-0.1, -0.05) is 6.92 Å². The number of nitrogen functional groups attached to an aromatic ring is 1. The Hall–Kier alpha value is -1.29. The van der Waals surface area contributed by atoms with Crippen LogP contribution >= 0.6 is 0 Å². The molecule has 1 atom stereocenters. The first kappa shape index (κ1) is 11.2. The third kappa shape index (κ3) is 2.11. The second-order valence-electron chi connectivity index (χ2n) is 4.36. The molecule has 0 aliphatic carbocycles.